The first kappa shape index (κ1) is 16.9. The fourth-order valence-corrected chi connectivity index (χ4v) is 2.55. The molecular formula is C16H18FN5O3. The van der Waals surface area contributed by atoms with Crippen molar-refractivity contribution in [3.63, 3.8) is 0 Å². The molecule has 132 valence electrons. The van der Waals surface area contributed by atoms with Crippen molar-refractivity contribution in [3.8, 4) is 5.88 Å². The third-order valence-electron chi connectivity index (χ3n) is 3.94. The molecule has 0 atom stereocenters. The first-order chi connectivity index (χ1) is 12.0. The number of likely N-dealkylation sites (tertiary alicyclic amines) is 1. The van der Waals surface area contributed by atoms with Gasteiger partial charge >= 0.3 is 6.09 Å². The average molecular weight is 347 g/mol. The number of anilines is 2. The van der Waals surface area contributed by atoms with Crippen molar-refractivity contribution < 1.29 is 19.0 Å². The second-order valence-corrected chi connectivity index (χ2v) is 5.77. The van der Waals surface area contributed by atoms with E-state index in [1.54, 1.807) is 19.1 Å². The Morgan fingerprint density at radius 3 is 2.68 bits per heavy atom. The number of aryl methyl sites for hydroxylation is 1. The first-order valence-corrected chi connectivity index (χ1v) is 7.87. The Hall–Kier alpha value is -2.97. The van der Waals surface area contributed by atoms with Crippen LogP contribution in [0.25, 0.3) is 0 Å². The molecule has 8 nitrogen and oxygen atoms in total. The highest BCUT2D eigenvalue weighted by Gasteiger charge is 2.23. The van der Waals surface area contributed by atoms with Crippen molar-refractivity contribution in [2.45, 2.75) is 25.9 Å². The Kier molecular flexibility index (Phi) is 4.92. The van der Waals surface area contributed by atoms with Crippen LogP contribution in [0.3, 0.4) is 0 Å². The Labute approximate surface area is 143 Å². The van der Waals surface area contributed by atoms with Gasteiger partial charge in [-0.3, -0.25) is 0 Å². The fraction of sp³-hybridized carbons (Fsp3) is 0.375. The first-order valence-electron chi connectivity index (χ1n) is 7.87. The van der Waals surface area contributed by atoms with Crippen LogP contribution in [0, 0.1) is 12.7 Å². The highest BCUT2D eigenvalue weighted by Crippen LogP contribution is 2.21. The molecule has 1 aliphatic heterocycles. The van der Waals surface area contributed by atoms with Crippen molar-refractivity contribution in [1.29, 1.82) is 0 Å². The molecule has 1 fully saturated rings. The van der Waals surface area contributed by atoms with Gasteiger partial charge in [-0.15, -0.1) is 0 Å². The number of halogens is 1. The largest absolute Gasteiger partial charge is 0.474 e. The zero-order valence-electron chi connectivity index (χ0n) is 13.6. The number of amides is 1. The Balaban J connectivity index is 1.62. The number of carboxylic acid groups (broad SMARTS) is 1. The van der Waals surface area contributed by atoms with Crippen molar-refractivity contribution in [3.05, 3.63) is 36.0 Å². The molecule has 0 spiro atoms. The molecular weight excluding hydrogens is 329 g/mol. The van der Waals surface area contributed by atoms with E-state index in [0.29, 0.717) is 49.0 Å². The molecule has 0 aromatic carbocycles. The quantitative estimate of drug-likeness (QED) is 0.876. The molecule has 3 heterocycles. The molecule has 1 aliphatic rings. The van der Waals surface area contributed by atoms with Crippen LogP contribution in [0.4, 0.5) is 20.8 Å². The van der Waals surface area contributed by atoms with Crippen LogP contribution in [0.1, 0.15) is 18.4 Å². The summed E-state index contributed by atoms with van der Waals surface area (Å²) in [6.07, 6.45) is 2.72. The number of hydrogen-bond acceptors (Lipinski definition) is 6. The van der Waals surface area contributed by atoms with Crippen molar-refractivity contribution >= 4 is 17.7 Å². The lowest BCUT2D eigenvalue weighted by atomic mass is 10.1. The maximum atomic E-state index is 13.3. The van der Waals surface area contributed by atoms with Crippen LogP contribution in [0.5, 0.6) is 5.88 Å². The molecule has 1 saturated heterocycles. The zero-order chi connectivity index (χ0) is 17.8. The average Bonchev–Trinajstić information content (AvgIpc) is 2.59. The summed E-state index contributed by atoms with van der Waals surface area (Å²) in [4.78, 5) is 24.4. The molecule has 2 aromatic rings. The lowest BCUT2D eigenvalue weighted by Gasteiger charge is -2.29. The third-order valence-corrected chi connectivity index (χ3v) is 3.94. The van der Waals surface area contributed by atoms with Crippen LogP contribution < -0.4 is 10.1 Å². The lowest BCUT2D eigenvalue weighted by molar-refractivity contribution is 0.0870. The van der Waals surface area contributed by atoms with Crippen LogP contribution in [0.2, 0.25) is 0 Å². The van der Waals surface area contributed by atoms with Crippen molar-refractivity contribution in [1.82, 2.24) is 19.9 Å². The number of pyridine rings is 1. The van der Waals surface area contributed by atoms with Gasteiger partial charge in [0.2, 0.25) is 5.88 Å². The van der Waals surface area contributed by atoms with Gasteiger partial charge in [-0.1, -0.05) is 0 Å². The van der Waals surface area contributed by atoms with Gasteiger partial charge in [-0.2, -0.15) is 0 Å². The van der Waals surface area contributed by atoms with Crippen LogP contribution in [-0.2, 0) is 0 Å². The molecule has 1 amide bonds. The molecule has 0 unspecified atom stereocenters. The van der Waals surface area contributed by atoms with Crippen LogP contribution in [-0.4, -0.2) is 50.2 Å². The molecule has 9 heteroatoms. The topological polar surface area (TPSA) is 100 Å². The summed E-state index contributed by atoms with van der Waals surface area (Å²) in [7, 11) is 0. The van der Waals surface area contributed by atoms with E-state index in [1.807, 2.05) is 0 Å². The summed E-state index contributed by atoms with van der Waals surface area (Å²) in [5.74, 6) is 0.972. The summed E-state index contributed by atoms with van der Waals surface area (Å²) in [6.45, 7) is 2.53. The summed E-state index contributed by atoms with van der Waals surface area (Å²) >= 11 is 0. The van der Waals surface area contributed by atoms with Crippen LogP contribution >= 0.6 is 0 Å². The van der Waals surface area contributed by atoms with E-state index in [-0.39, 0.29) is 11.9 Å². The number of piperidine rings is 1. The molecule has 2 aromatic heterocycles. The van der Waals surface area contributed by atoms with Gasteiger partial charge < -0.3 is 20.1 Å². The van der Waals surface area contributed by atoms with Crippen molar-refractivity contribution in [2.24, 2.45) is 0 Å². The monoisotopic (exact) mass is 347 g/mol. The molecule has 0 aliphatic carbocycles. The van der Waals surface area contributed by atoms with Gasteiger partial charge in [0.05, 0.1) is 6.20 Å². The maximum absolute atomic E-state index is 13.3. The van der Waals surface area contributed by atoms with Gasteiger partial charge in [0, 0.05) is 32.0 Å². The number of ether oxygens (including phenoxy) is 1. The molecule has 0 saturated carbocycles. The SMILES string of the molecule is Cc1cc(Nc2cc(OC3CCN(C(=O)O)CC3)ncn2)ncc1F. The Bertz CT molecular complexity index is 765. The van der Waals surface area contributed by atoms with Crippen molar-refractivity contribution in [2.75, 3.05) is 18.4 Å². The minimum atomic E-state index is -0.908. The van der Waals surface area contributed by atoms with E-state index >= 15 is 0 Å². The van der Waals surface area contributed by atoms with E-state index in [2.05, 4.69) is 20.3 Å². The Morgan fingerprint density at radius 2 is 2.00 bits per heavy atom. The minimum Gasteiger partial charge on any atom is -0.474 e. The second-order valence-electron chi connectivity index (χ2n) is 5.77. The predicted octanol–water partition coefficient (Wildman–Crippen LogP) is 2.58. The fourth-order valence-electron chi connectivity index (χ4n) is 2.55. The number of nitrogens with one attached hydrogen (secondary N) is 1. The summed E-state index contributed by atoms with van der Waals surface area (Å²) in [5.41, 5.74) is 0.480. The van der Waals surface area contributed by atoms with Gasteiger partial charge in [0.15, 0.2) is 0 Å². The number of aromatic nitrogens is 3. The van der Waals surface area contributed by atoms with E-state index in [4.69, 9.17) is 9.84 Å². The van der Waals surface area contributed by atoms with E-state index in [9.17, 15) is 9.18 Å². The van der Waals surface area contributed by atoms with Gasteiger partial charge in [0.1, 0.15) is 29.9 Å². The second kappa shape index (κ2) is 7.29. The maximum Gasteiger partial charge on any atom is 0.407 e. The van der Waals surface area contributed by atoms with Gasteiger partial charge in [-0.05, 0) is 18.6 Å². The summed E-state index contributed by atoms with van der Waals surface area (Å²) in [6, 6.07) is 3.21. The predicted molar refractivity (Wildman–Crippen MR) is 87.5 cm³/mol. The zero-order valence-corrected chi connectivity index (χ0v) is 13.6. The molecule has 2 N–H and O–H groups in total. The lowest BCUT2D eigenvalue weighted by Crippen LogP contribution is -2.41. The standard InChI is InChI=1S/C16H18FN5O3/c1-10-6-13(18-8-12(10)17)21-14-7-15(20-9-19-14)25-11-2-4-22(5-3-11)16(23)24/h6-9,11H,2-5H2,1H3,(H,23,24)(H,18,19,20,21). The number of carbonyl (C=O) groups is 1. The van der Waals surface area contributed by atoms with E-state index in [1.165, 1.54) is 11.2 Å². The number of nitrogens with zero attached hydrogens (tertiary/aromatic N) is 4. The van der Waals surface area contributed by atoms with E-state index < -0.39 is 6.09 Å². The molecule has 3 rings (SSSR count). The smallest absolute Gasteiger partial charge is 0.407 e. The highest BCUT2D eigenvalue weighted by molar-refractivity contribution is 5.65. The molecule has 25 heavy (non-hydrogen) atoms. The van der Waals surface area contributed by atoms with E-state index in [0.717, 1.165) is 6.20 Å². The third kappa shape index (κ3) is 4.31. The minimum absolute atomic E-state index is 0.0930. The summed E-state index contributed by atoms with van der Waals surface area (Å²) < 4.78 is 19.1. The highest BCUT2D eigenvalue weighted by atomic mass is 19.1. The molecule has 0 radical (unpaired) electrons. The van der Waals surface area contributed by atoms with Gasteiger partial charge in [0.25, 0.3) is 0 Å². The number of hydrogen-bond donors (Lipinski definition) is 2. The Morgan fingerprint density at radius 1 is 1.28 bits per heavy atom. The molecule has 0 bridgehead atoms. The van der Waals surface area contributed by atoms with Gasteiger partial charge in [-0.25, -0.2) is 24.1 Å². The normalized spacial score (nSPS) is 15.0. The summed E-state index contributed by atoms with van der Waals surface area (Å²) in [5, 5.41) is 11.9. The number of rotatable bonds is 4. The van der Waals surface area contributed by atoms with Crippen LogP contribution in [0.15, 0.2) is 24.7 Å².